The Kier molecular flexibility index (Phi) is 3.82. The van der Waals surface area contributed by atoms with E-state index in [2.05, 4.69) is 12.2 Å². The quantitative estimate of drug-likeness (QED) is 0.750. The molecule has 0 spiro atoms. The maximum atomic E-state index is 5.79. The van der Waals surface area contributed by atoms with Gasteiger partial charge >= 0.3 is 0 Å². The minimum atomic E-state index is 0.493. The molecule has 0 aromatic rings. The standard InChI is InChI=1S/C12H23NO/c1-10-7-8-12(14-10)9-13-11-5-3-2-4-6-11/h10-13H,2-9H2,1H3. The Morgan fingerprint density at radius 1 is 1.07 bits per heavy atom. The summed E-state index contributed by atoms with van der Waals surface area (Å²) in [6.07, 6.45) is 10.5. The van der Waals surface area contributed by atoms with E-state index in [-0.39, 0.29) is 0 Å². The Labute approximate surface area is 87.4 Å². The van der Waals surface area contributed by atoms with Gasteiger partial charge in [0.15, 0.2) is 0 Å². The average molecular weight is 197 g/mol. The molecule has 0 amide bonds. The average Bonchev–Trinajstić information content (AvgIpc) is 2.63. The maximum absolute atomic E-state index is 5.79. The van der Waals surface area contributed by atoms with Crippen LogP contribution in [0.4, 0.5) is 0 Å². The largest absolute Gasteiger partial charge is 0.374 e. The fourth-order valence-corrected chi connectivity index (χ4v) is 2.64. The van der Waals surface area contributed by atoms with Crippen molar-refractivity contribution < 1.29 is 4.74 Å². The molecule has 1 N–H and O–H groups in total. The number of rotatable bonds is 3. The van der Waals surface area contributed by atoms with Crippen LogP contribution in [0, 0.1) is 0 Å². The van der Waals surface area contributed by atoms with Crippen molar-refractivity contribution in [2.24, 2.45) is 0 Å². The van der Waals surface area contributed by atoms with E-state index in [0.29, 0.717) is 12.2 Å². The SMILES string of the molecule is CC1CCC(CNC2CCCCC2)O1. The smallest absolute Gasteiger partial charge is 0.0704 e. The number of hydrogen-bond donors (Lipinski definition) is 1. The van der Waals surface area contributed by atoms with E-state index in [4.69, 9.17) is 4.74 Å². The van der Waals surface area contributed by atoms with Crippen molar-refractivity contribution in [3.63, 3.8) is 0 Å². The van der Waals surface area contributed by atoms with Crippen molar-refractivity contribution in [1.29, 1.82) is 0 Å². The van der Waals surface area contributed by atoms with Gasteiger partial charge in [-0.3, -0.25) is 0 Å². The van der Waals surface area contributed by atoms with Gasteiger partial charge in [0.25, 0.3) is 0 Å². The summed E-state index contributed by atoms with van der Waals surface area (Å²) >= 11 is 0. The van der Waals surface area contributed by atoms with E-state index in [9.17, 15) is 0 Å². The molecule has 1 saturated carbocycles. The van der Waals surface area contributed by atoms with E-state index < -0.39 is 0 Å². The lowest BCUT2D eigenvalue weighted by Crippen LogP contribution is -2.36. The lowest BCUT2D eigenvalue weighted by atomic mass is 9.95. The molecule has 2 heteroatoms. The van der Waals surface area contributed by atoms with Crippen LogP contribution >= 0.6 is 0 Å². The Hall–Kier alpha value is -0.0800. The molecule has 2 atom stereocenters. The molecule has 1 heterocycles. The van der Waals surface area contributed by atoms with Crippen LogP contribution in [0.25, 0.3) is 0 Å². The highest BCUT2D eigenvalue weighted by atomic mass is 16.5. The number of hydrogen-bond acceptors (Lipinski definition) is 2. The van der Waals surface area contributed by atoms with Crippen LogP contribution in [0.15, 0.2) is 0 Å². The molecule has 2 nitrogen and oxygen atoms in total. The molecule has 1 saturated heterocycles. The molecule has 2 aliphatic rings. The van der Waals surface area contributed by atoms with Gasteiger partial charge in [-0.25, -0.2) is 0 Å². The van der Waals surface area contributed by atoms with Gasteiger partial charge in [0.1, 0.15) is 0 Å². The van der Waals surface area contributed by atoms with Crippen LogP contribution in [0.3, 0.4) is 0 Å². The van der Waals surface area contributed by atoms with Crippen molar-refractivity contribution in [3.05, 3.63) is 0 Å². The van der Waals surface area contributed by atoms with Crippen molar-refractivity contribution in [2.45, 2.75) is 70.1 Å². The van der Waals surface area contributed by atoms with E-state index in [1.54, 1.807) is 0 Å². The summed E-state index contributed by atoms with van der Waals surface area (Å²) in [6, 6.07) is 0.781. The van der Waals surface area contributed by atoms with Gasteiger partial charge in [-0.1, -0.05) is 19.3 Å². The maximum Gasteiger partial charge on any atom is 0.0704 e. The van der Waals surface area contributed by atoms with E-state index in [0.717, 1.165) is 12.6 Å². The fourth-order valence-electron chi connectivity index (χ4n) is 2.64. The lowest BCUT2D eigenvalue weighted by Gasteiger charge is -2.24. The summed E-state index contributed by atoms with van der Waals surface area (Å²) in [5, 5.41) is 3.66. The molecule has 2 unspecified atom stereocenters. The van der Waals surface area contributed by atoms with Crippen molar-refractivity contribution in [2.75, 3.05) is 6.54 Å². The van der Waals surface area contributed by atoms with E-state index in [1.165, 1.54) is 44.9 Å². The van der Waals surface area contributed by atoms with Crippen LogP contribution in [0.2, 0.25) is 0 Å². The molecule has 0 aromatic heterocycles. The van der Waals surface area contributed by atoms with Gasteiger partial charge in [0.05, 0.1) is 12.2 Å². The van der Waals surface area contributed by atoms with E-state index in [1.807, 2.05) is 0 Å². The molecule has 2 rings (SSSR count). The van der Waals surface area contributed by atoms with Gasteiger partial charge in [0.2, 0.25) is 0 Å². The molecule has 82 valence electrons. The molecule has 1 aliphatic carbocycles. The Morgan fingerprint density at radius 3 is 2.50 bits per heavy atom. The molecular formula is C12H23NO. The second kappa shape index (κ2) is 5.13. The molecular weight excluding hydrogens is 174 g/mol. The molecule has 0 radical (unpaired) electrons. The van der Waals surface area contributed by atoms with Crippen molar-refractivity contribution >= 4 is 0 Å². The monoisotopic (exact) mass is 197 g/mol. The van der Waals surface area contributed by atoms with Crippen LogP contribution in [0.5, 0.6) is 0 Å². The molecule has 0 aromatic carbocycles. The zero-order valence-corrected chi connectivity index (χ0v) is 9.30. The minimum Gasteiger partial charge on any atom is -0.374 e. The lowest BCUT2D eigenvalue weighted by molar-refractivity contribution is 0.0535. The molecule has 2 fully saturated rings. The van der Waals surface area contributed by atoms with Gasteiger partial charge in [-0.2, -0.15) is 0 Å². The highest BCUT2D eigenvalue weighted by molar-refractivity contribution is 4.77. The fraction of sp³-hybridized carbons (Fsp3) is 1.00. The summed E-state index contributed by atoms with van der Waals surface area (Å²) in [4.78, 5) is 0. The molecule has 0 bridgehead atoms. The predicted octanol–water partition coefficient (Wildman–Crippen LogP) is 2.48. The van der Waals surface area contributed by atoms with Gasteiger partial charge in [-0.15, -0.1) is 0 Å². The second-order valence-electron chi connectivity index (χ2n) is 4.89. The van der Waals surface area contributed by atoms with Gasteiger partial charge < -0.3 is 10.1 Å². The predicted molar refractivity (Wildman–Crippen MR) is 58.4 cm³/mol. The first kappa shape index (κ1) is 10.4. The zero-order chi connectivity index (χ0) is 9.80. The Balaban J connectivity index is 1.61. The number of nitrogens with one attached hydrogen (secondary N) is 1. The van der Waals surface area contributed by atoms with Crippen LogP contribution < -0.4 is 5.32 Å². The summed E-state index contributed by atoms with van der Waals surface area (Å²) in [5.74, 6) is 0. The zero-order valence-electron chi connectivity index (χ0n) is 9.30. The second-order valence-corrected chi connectivity index (χ2v) is 4.89. The highest BCUT2D eigenvalue weighted by Gasteiger charge is 2.22. The summed E-state index contributed by atoms with van der Waals surface area (Å²) in [5.41, 5.74) is 0. The van der Waals surface area contributed by atoms with E-state index >= 15 is 0 Å². The third-order valence-electron chi connectivity index (χ3n) is 3.56. The molecule has 1 aliphatic heterocycles. The normalized spacial score (nSPS) is 34.9. The Bertz CT molecular complexity index is 161. The first-order valence-electron chi connectivity index (χ1n) is 6.23. The first-order valence-corrected chi connectivity index (χ1v) is 6.23. The van der Waals surface area contributed by atoms with Gasteiger partial charge in [-0.05, 0) is 32.6 Å². The third-order valence-corrected chi connectivity index (χ3v) is 3.56. The topological polar surface area (TPSA) is 21.3 Å². The van der Waals surface area contributed by atoms with Crippen molar-refractivity contribution in [1.82, 2.24) is 5.32 Å². The van der Waals surface area contributed by atoms with Crippen LogP contribution in [0.1, 0.15) is 51.9 Å². The number of ether oxygens (including phenoxy) is 1. The summed E-state index contributed by atoms with van der Waals surface area (Å²) < 4.78 is 5.79. The van der Waals surface area contributed by atoms with Crippen LogP contribution in [-0.2, 0) is 4.74 Å². The minimum absolute atomic E-state index is 0.493. The summed E-state index contributed by atoms with van der Waals surface area (Å²) in [6.45, 7) is 3.26. The van der Waals surface area contributed by atoms with Crippen molar-refractivity contribution in [3.8, 4) is 0 Å². The highest BCUT2D eigenvalue weighted by Crippen LogP contribution is 2.20. The third kappa shape index (κ3) is 2.96. The van der Waals surface area contributed by atoms with Crippen LogP contribution in [-0.4, -0.2) is 24.8 Å². The van der Waals surface area contributed by atoms with Gasteiger partial charge in [0, 0.05) is 12.6 Å². The molecule has 14 heavy (non-hydrogen) atoms. The Morgan fingerprint density at radius 2 is 1.86 bits per heavy atom. The summed E-state index contributed by atoms with van der Waals surface area (Å²) in [7, 11) is 0. The first-order chi connectivity index (χ1) is 6.84.